The van der Waals surface area contributed by atoms with Gasteiger partial charge in [-0.1, -0.05) is 0 Å². The molecule has 0 aromatic carbocycles. The van der Waals surface area contributed by atoms with Crippen molar-refractivity contribution < 1.29 is 71.6 Å². The fraction of sp³-hybridized carbons (Fsp3) is 1.00. The van der Waals surface area contributed by atoms with Crippen LogP contribution >= 0.6 is 23.5 Å². The van der Waals surface area contributed by atoms with Gasteiger partial charge in [-0.05, 0) is 0 Å². The zero-order valence-corrected chi connectivity index (χ0v) is 14.1. The van der Waals surface area contributed by atoms with E-state index in [9.17, 15) is 39.0 Å². The number of ether oxygens (including phenoxy) is 1. The van der Waals surface area contributed by atoms with Crippen LogP contribution in [-0.4, -0.2) is 77.3 Å². The zero-order chi connectivity index (χ0) is 18.9. The summed E-state index contributed by atoms with van der Waals surface area (Å²) in [5.41, 5.74) is 0. The molecule has 0 bridgehead atoms. The van der Waals surface area contributed by atoms with E-state index in [1.54, 1.807) is 0 Å². The predicted octanol–water partition coefficient (Wildman–Crippen LogP) is -2.87. The fourth-order valence-electron chi connectivity index (χ4n) is 1.54. The van der Waals surface area contributed by atoms with Gasteiger partial charge in [0.25, 0.3) is 0 Å². The molecule has 0 aromatic heterocycles. The highest BCUT2D eigenvalue weighted by Gasteiger charge is 2.45. The first kappa shape index (κ1) is 22.3. The van der Waals surface area contributed by atoms with E-state index in [1.807, 2.05) is 0 Å². The molecule has 1 saturated heterocycles. The summed E-state index contributed by atoms with van der Waals surface area (Å²) >= 11 is 0. The van der Waals surface area contributed by atoms with Crippen LogP contribution in [0.4, 0.5) is 0 Å². The molecule has 0 saturated carbocycles. The van der Waals surface area contributed by atoms with Gasteiger partial charge in [0.05, 0.1) is 6.61 Å². The predicted molar refractivity (Wildman–Crippen MR) is 68.7 cm³/mol. The molecule has 7 atom stereocenters. The van der Waals surface area contributed by atoms with Gasteiger partial charge in [-0.3, -0.25) is 4.52 Å². The molecule has 0 aliphatic carbocycles. The SMILES string of the molecule is O=P(O)(O)OP(=O)(O)OP(=O)(O)OC[C@H]1OC(O)[C@@H](O)[C@@H](O)[C@@H]1O. The van der Waals surface area contributed by atoms with Crippen LogP contribution in [0.1, 0.15) is 0 Å². The highest BCUT2D eigenvalue weighted by Crippen LogP contribution is 2.66. The molecule has 1 aliphatic rings. The lowest BCUT2D eigenvalue weighted by Gasteiger charge is -2.38. The van der Waals surface area contributed by atoms with E-state index in [-0.39, 0.29) is 0 Å². The van der Waals surface area contributed by atoms with Crippen LogP contribution in [0.5, 0.6) is 0 Å². The molecule has 15 nitrogen and oxygen atoms in total. The maximum Gasteiger partial charge on any atom is 0.490 e. The van der Waals surface area contributed by atoms with E-state index in [0.717, 1.165) is 0 Å². The van der Waals surface area contributed by atoms with Gasteiger partial charge in [-0.2, -0.15) is 8.62 Å². The maximum absolute atomic E-state index is 11.4. The van der Waals surface area contributed by atoms with Gasteiger partial charge in [-0.15, -0.1) is 0 Å². The summed E-state index contributed by atoms with van der Waals surface area (Å²) in [6, 6.07) is 0. The van der Waals surface area contributed by atoms with Gasteiger partial charge in [-0.25, -0.2) is 13.7 Å². The number of phosphoric acid groups is 3. The summed E-state index contributed by atoms with van der Waals surface area (Å²) in [6.45, 7) is -1.09. The molecule has 0 spiro atoms. The summed E-state index contributed by atoms with van der Waals surface area (Å²) in [5.74, 6) is 0. The van der Waals surface area contributed by atoms with Gasteiger partial charge in [0.1, 0.15) is 24.4 Å². The largest absolute Gasteiger partial charge is 0.490 e. The van der Waals surface area contributed by atoms with Crippen molar-refractivity contribution in [3.63, 3.8) is 0 Å². The minimum atomic E-state index is -5.70. The van der Waals surface area contributed by atoms with Crippen LogP contribution < -0.4 is 0 Å². The Hall–Kier alpha value is 0.210. The Morgan fingerprint density at radius 1 is 0.792 bits per heavy atom. The van der Waals surface area contributed by atoms with Crippen molar-refractivity contribution in [2.75, 3.05) is 6.61 Å². The molecule has 8 N–H and O–H groups in total. The second-order valence-corrected chi connectivity index (χ2v) is 8.84. The lowest BCUT2D eigenvalue weighted by Crippen LogP contribution is -2.58. The number of phosphoric ester groups is 1. The summed E-state index contributed by atoms with van der Waals surface area (Å²) < 4.78 is 48.5. The first-order valence-electron chi connectivity index (χ1n) is 5.80. The Bertz CT molecular complexity index is 572. The Balaban J connectivity index is 2.67. The molecular weight excluding hydrogens is 405 g/mol. The minimum absolute atomic E-state index is 1.09. The molecule has 1 aliphatic heterocycles. The number of hydrogen-bond acceptors (Lipinski definition) is 11. The van der Waals surface area contributed by atoms with Gasteiger partial charge in [0, 0.05) is 0 Å². The highest BCUT2D eigenvalue weighted by molar-refractivity contribution is 7.66. The van der Waals surface area contributed by atoms with Crippen molar-refractivity contribution in [3.05, 3.63) is 0 Å². The van der Waals surface area contributed by atoms with Gasteiger partial charge < -0.3 is 44.7 Å². The Morgan fingerprint density at radius 3 is 1.83 bits per heavy atom. The van der Waals surface area contributed by atoms with Gasteiger partial charge in [0.15, 0.2) is 6.29 Å². The first-order chi connectivity index (χ1) is 10.6. The third-order valence-corrected chi connectivity index (χ3v) is 6.31. The Morgan fingerprint density at radius 2 is 1.33 bits per heavy atom. The minimum Gasteiger partial charge on any atom is -0.387 e. The van der Waals surface area contributed by atoms with E-state index in [0.29, 0.717) is 0 Å². The molecule has 0 amide bonds. The monoisotopic (exact) mass is 420 g/mol. The number of hydrogen-bond donors (Lipinski definition) is 8. The average Bonchev–Trinajstić information content (AvgIpc) is 2.34. The van der Waals surface area contributed by atoms with E-state index >= 15 is 0 Å². The number of rotatable bonds is 7. The molecule has 1 heterocycles. The fourth-order valence-corrected chi connectivity index (χ4v) is 4.57. The second kappa shape index (κ2) is 7.84. The van der Waals surface area contributed by atoms with Crippen LogP contribution in [0.25, 0.3) is 0 Å². The number of aliphatic hydroxyl groups excluding tert-OH is 4. The molecule has 1 rings (SSSR count). The molecule has 1 fully saturated rings. The smallest absolute Gasteiger partial charge is 0.387 e. The molecule has 0 radical (unpaired) electrons. The van der Waals surface area contributed by atoms with Crippen LogP contribution in [-0.2, 0) is 31.6 Å². The van der Waals surface area contributed by atoms with Crippen molar-refractivity contribution >= 4 is 23.5 Å². The van der Waals surface area contributed by atoms with E-state index in [2.05, 4.69) is 17.9 Å². The van der Waals surface area contributed by atoms with Crippen molar-refractivity contribution in [1.82, 2.24) is 0 Å². The van der Waals surface area contributed by atoms with Crippen LogP contribution in [0.3, 0.4) is 0 Å². The van der Waals surface area contributed by atoms with Crippen molar-refractivity contribution in [3.8, 4) is 0 Å². The first-order valence-corrected chi connectivity index (χ1v) is 10.3. The molecule has 0 aromatic rings. The zero-order valence-electron chi connectivity index (χ0n) is 11.4. The Labute approximate surface area is 133 Å². The van der Waals surface area contributed by atoms with Crippen molar-refractivity contribution in [2.45, 2.75) is 30.7 Å². The third kappa shape index (κ3) is 6.84. The normalized spacial score (nSPS) is 36.8. The van der Waals surface area contributed by atoms with Crippen LogP contribution in [0, 0.1) is 0 Å². The average molecular weight is 420 g/mol. The third-order valence-electron chi connectivity index (χ3n) is 2.50. The molecule has 3 unspecified atom stereocenters. The lowest BCUT2D eigenvalue weighted by atomic mass is 10.00. The summed E-state index contributed by atoms with van der Waals surface area (Å²) in [7, 11) is -16.7. The van der Waals surface area contributed by atoms with Gasteiger partial charge >= 0.3 is 23.5 Å². The standard InChI is InChI=1S/C6H15O15P3/c7-3-2(19-6(10)5(9)4(3)8)1-18-23(14,15)21-24(16,17)20-22(11,12)13/h2-10H,1H2,(H,14,15)(H,16,17)(H2,11,12,13)/t2-,3-,4+,5+,6?/m1/s1. The summed E-state index contributed by atoms with van der Waals surface area (Å²) in [6.07, 6.45) is -9.29. The molecular formula is C6H15O15P3. The highest BCUT2D eigenvalue weighted by atomic mass is 31.3. The summed E-state index contributed by atoms with van der Waals surface area (Å²) in [4.78, 5) is 34.8. The lowest BCUT2D eigenvalue weighted by molar-refractivity contribution is -0.285. The summed E-state index contributed by atoms with van der Waals surface area (Å²) in [5, 5.41) is 37.4. The maximum atomic E-state index is 11.4. The van der Waals surface area contributed by atoms with Crippen LogP contribution in [0.2, 0.25) is 0 Å². The van der Waals surface area contributed by atoms with E-state index in [1.165, 1.54) is 0 Å². The number of aliphatic hydroxyl groups is 4. The van der Waals surface area contributed by atoms with Crippen molar-refractivity contribution in [1.29, 1.82) is 0 Å². The molecule has 24 heavy (non-hydrogen) atoms. The van der Waals surface area contributed by atoms with E-state index in [4.69, 9.17) is 14.7 Å². The van der Waals surface area contributed by atoms with Gasteiger partial charge in [0.2, 0.25) is 0 Å². The van der Waals surface area contributed by atoms with Crippen LogP contribution in [0.15, 0.2) is 0 Å². The van der Waals surface area contributed by atoms with E-state index < -0.39 is 60.8 Å². The molecule has 18 heteroatoms. The quantitative estimate of drug-likeness (QED) is 0.193. The topological polar surface area (TPSA) is 250 Å². The Kier molecular flexibility index (Phi) is 7.27. The second-order valence-electron chi connectivity index (χ2n) is 4.42. The van der Waals surface area contributed by atoms with Crippen molar-refractivity contribution in [2.24, 2.45) is 0 Å². The molecule has 144 valence electrons.